The largest absolute Gasteiger partial charge is 0.416 e. The molecule has 0 unspecified atom stereocenters. The van der Waals surface area contributed by atoms with E-state index in [0.29, 0.717) is 36.7 Å². The predicted octanol–water partition coefficient (Wildman–Crippen LogP) is 9.68. The van der Waals surface area contributed by atoms with E-state index in [0.717, 1.165) is 42.7 Å². The molecular formula is C32H22Br2F6N2O3S. The van der Waals surface area contributed by atoms with E-state index in [1.54, 1.807) is 37.3 Å². The van der Waals surface area contributed by atoms with Gasteiger partial charge in [0, 0.05) is 43.0 Å². The van der Waals surface area contributed by atoms with Crippen LogP contribution in [0.5, 0.6) is 0 Å². The van der Waals surface area contributed by atoms with Crippen molar-refractivity contribution in [3.8, 4) is 11.1 Å². The number of anilines is 1. The lowest BCUT2D eigenvalue weighted by Gasteiger charge is -2.15. The first-order chi connectivity index (χ1) is 21.3. The lowest BCUT2D eigenvalue weighted by atomic mass is 9.99. The van der Waals surface area contributed by atoms with Crippen LogP contribution in [0.1, 0.15) is 32.7 Å². The van der Waals surface area contributed by atoms with Crippen LogP contribution in [0, 0.1) is 6.92 Å². The van der Waals surface area contributed by atoms with Crippen LogP contribution < -0.4 is 5.73 Å². The number of carbonyl (C=O) groups is 1. The van der Waals surface area contributed by atoms with Gasteiger partial charge in [-0.05, 0) is 73.2 Å². The van der Waals surface area contributed by atoms with Crippen molar-refractivity contribution < 1.29 is 39.6 Å². The van der Waals surface area contributed by atoms with Gasteiger partial charge in [-0.15, -0.1) is 0 Å². The fraction of sp³-hybridized carbons (Fsp3) is 0.125. The number of hydrogen-bond donors (Lipinski definition) is 1. The van der Waals surface area contributed by atoms with Crippen molar-refractivity contribution in [3.05, 3.63) is 122 Å². The molecule has 0 atom stereocenters. The Morgan fingerprint density at radius 2 is 1.26 bits per heavy atom. The molecule has 240 valence electrons. The second-order valence-electron chi connectivity index (χ2n) is 10.0. The van der Waals surface area contributed by atoms with E-state index in [-0.39, 0.29) is 21.7 Å². The van der Waals surface area contributed by atoms with E-state index in [4.69, 9.17) is 5.73 Å². The zero-order valence-corrected chi connectivity index (χ0v) is 27.8. The molecule has 1 aromatic heterocycles. The average molecular weight is 788 g/mol. The Labute approximate surface area is 276 Å². The van der Waals surface area contributed by atoms with Crippen LogP contribution in [0.4, 0.5) is 32.0 Å². The van der Waals surface area contributed by atoms with Crippen LogP contribution in [0.25, 0.3) is 22.0 Å². The van der Waals surface area contributed by atoms with Gasteiger partial charge < -0.3 is 5.73 Å². The third kappa shape index (κ3) is 7.96. The summed E-state index contributed by atoms with van der Waals surface area (Å²) in [7, 11) is -3.66. The molecule has 0 saturated heterocycles. The van der Waals surface area contributed by atoms with E-state index in [1.165, 1.54) is 18.2 Å². The van der Waals surface area contributed by atoms with Crippen LogP contribution in [0.2, 0.25) is 0 Å². The minimum atomic E-state index is -4.46. The van der Waals surface area contributed by atoms with Crippen molar-refractivity contribution in [2.24, 2.45) is 0 Å². The Kier molecular flexibility index (Phi) is 10.0. The summed E-state index contributed by atoms with van der Waals surface area (Å²) in [5.74, 6) is -0.419. The number of fused-ring (bicyclic) bond motifs is 1. The molecule has 2 N–H and O–H groups in total. The number of hydrogen-bond acceptors (Lipinski definition) is 5. The van der Waals surface area contributed by atoms with Gasteiger partial charge in [-0.1, -0.05) is 56.1 Å². The number of ketones is 1. The summed E-state index contributed by atoms with van der Waals surface area (Å²) in [5, 5.41) is 0.546. The van der Waals surface area contributed by atoms with Gasteiger partial charge in [-0.25, -0.2) is 8.42 Å². The van der Waals surface area contributed by atoms with Crippen LogP contribution in [-0.4, -0.2) is 25.4 Å². The van der Waals surface area contributed by atoms with Gasteiger partial charge in [-0.2, -0.15) is 26.3 Å². The summed E-state index contributed by atoms with van der Waals surface area (Å²) >= 11 is 6.56. The van der Waals surface area contributed by atoms with Crippen LogP contribution in [0.3, 0.4) is 0 Å². The minimum absolute atomic E-state index is 0.0165. The number of sulfone groups is 1. The summed E-state index contributed by atoms with van der Waals surface area (Å²) < 4.78 is 102. The van der Waals surface area contributed by atoms with Crippen molar-refractivity contribution in [2.75, 3.05) is 12.0 Å². The topological polar surface area (TPSA) is 90.1 Å². The normalized spacial score (nSPS) is 12.0. The third-order valence-electron chi connectivity index (χ3n) is 6.68. The number of benzene rings is 4. The minimum Gasteiger partial charge on any atom is -0.398 e. The molecule has 5 aromatic rings. The summed E-state index contributed by atoms with van der Waals surface area (Å²) in [6.07, 6.45) is -7.82. The SMILES string of the molecule is Cc1nc2ccc(Br)cc2c(-c2ccc(C(F)(F)F)cc2)c1S(C)(=O)=O.Nc1ccc(Br)cc1C(=O)c1ccc(C(F)(F)F)cc1. The molecule has 4 aromatic carbocycles. The van der Waals surface area contributed by atoms with Gasteiger partial charge >= 0.3 is 12.4 Å². The van der Waals surface area contributed by atoms with Crippen molar-refractivity contribution in [1.82, 2.24) is 4.98 Å². The number of aromatic nitrogens is 1. The number of pyridine rings is 1. The molecule has 5 rings (SSSR count). The quantitative estimate of drug-likeness (QED) is 0.111. The Morgan fingerprint density at radius 1 is 0.761 bits per heavy atom. The predicted molar refractivity (Wildman–Crippen MR) is 171 cm³/mol. The van der Waals surface area contributed by atoms with Crippen LogP contribution >= 0.6 is 31.9 Å². The lowest BCUT2D eigenvalue weighted by molar-refractivity contribution is -0.138. The number of nitrogens with zero attached hydrogens (tertiary/aromatic N) is 1. The third-order valence-corrected chi connectivity index (χ3v) is 8.91. The standard InChI is InChI=1S/C18H13BrF3NO2S.C14H9BrF3NO/c1-10-17(26(2,24)25)16(14-9-13(19)7-8-15(14)23-10)11-3-5-12(6-4-11)18(20,21)22;15-10-5-6-12(19)11(7-10)13(20)8-1-3-9(4-2-8)14(16,17)18/h3-9H,1-2H3;1-7H,19H2. The number of alkyl halides is 6. The van der Waals surface area contributed by atoms with Gasteiger partial charge in [0.05, 0.1) is 27.2 Å². The van der Waals surface area contributed by atoms with Crippen molar-refractivity contribution in [1.29, 1.82) is 0 Å². The van der Waals surface area contributed by atoms with Crippen molar-refractivity contribution in [3.63, 3.8) is 0 Å². The molecule has 0 radical (unpaired) electrons. The summed E-state index contributed by atoms with van der Waals surface area (Å²) in [6.45, 7) is 1.57. The summed E-state index contributed by atoms with van der Waals surface area (Å²) in [6, 6.07) is 18.5. The number of nitrogens with two attached hydrogens (primary N) is 1. The van der Waals surface area contributed by atoms with Gasteiger partial charge in [0.1, 0.15) is 0 Å². The number of carbonyl (C=O) groups excluding carboxylic acids is 1. The second-order valence-corrected chi connectivity index (χ2v) is 13.8. The molecule has 0 aliphatic rings. The maximum atomic E-state index is 12.8. The van der Waals surface area contributed by atoms with E-state index in [1.807, 2.05) is 0 Å². The highest BCUT2D eigenvalue weighted by Crippen LogP contribution is 2.38. The van der Waals surface area contributed by atoms with Crippen molar-refractivity contribution in [2.45, 2.75) is 24.2 Å². The number of nitrogen functional groups attached to an aromatic ring is 1. The van der Waals surface area contributed by atoms with E-state index in [9.17, 15) is 39.6 Å². The first-order valence-corrected chi connectivity index (χ1v) is 16.5. The Balaban J connectivity index is 0.000000216. The smallest absolute Gasteiger partial charge is 0.398 e. The Bertz CT molecular complexity index is 2050. The van der Waals surface area contributed by atoms with E-state index < -0.39 is 39.1 Å². The summed E-state index contributed by atoms with van der Waals surface area (Å²) in [4.78, 5) is 16.6. The number of halogens is 8. The molecule has 0 aliphatic heterocycles. The molecule has 0 spiro atoms. The number of aryl methyl sites for hydroxylation is 1. The maximum absolute atomic E-state index is 12.8. The fourth-order valence-corrected chi connectivity index (χ4v) is 6.50. The first-order valence-electron chi connectivity index (χ1n) is 13.0. The van der Waals surface area contributed by atoms with E-state index in [2.05, 4.69) is 36.8 Å². The van der Waals surface area contributed by atoms with Gasteiger partial charge in [-0.3, -0.25) is 9.78 Å². The van der Waals surface area contributed by atoms with Gasteiger partial charge in [0.2, 0.25) is 0 Å². The molecule has 0 aliphatic carbocycles. The summed E-state index contributed by atoms with van der Waals surface area (Å²) in [5.41, 5.74) is 6.40. The molecule has 1 heterocycles. The highest BCUT2D eigenvalue weighted by atomic mass is 79.9. The van der Waals surface area contributed by atoms with E-state index >= 15 is 0 Å². The maximum Gasteiger partial charge on any atom is 0.416 e. The van der Waals surface area contributed by atoms with Crippen LogP contribution in [0.15, 0.2) is 98.8 Å². The average Bonchev–Trinajstić information content (AvgIpc) is 2.96. The Morgan fingerprint density at radius 3 is 1.78 bits per heavy atom. The van der Waals surface area contributed by atoms with Crippen molar-refractivity contribution >= 4 is 64.1 Å². The molecule has 0 amide bonds. The molecule has 5 nitrogen and oxygen atoms in total. The Hall–Kier alpha value is -3.75. The molecule has 46 heavy (non-hydrogen) atoms. The molecule has 0 bridgehead atoms. The monoisotopic (exact) mass is 786 g/mol. The fourth-order valence-electron chi connectivity index (χ4n) is 4.60. The number of rotatable bonds is 4. The molecule has 0 fully saturated rings. The lowest BCUT2D eigenvalue weighted by Crippen LogP contribution is -2.08. The molecule has 0 saturated carbocycles. The highest BCUT2D eigenvalue weighted by Gasteiger charge is 2.31. The highest BCUT2D eigenvalue weighted by molar-refractivity contribution is 9.10. The first kappa shape index (κ1) is 35.1. The second kappa shape index (κ2) is 13.2. The molecule has 14 heteroatoms. The van der Waals surface area contributed by atoms with Crippen LogP contribution in [-0.2, 0) is 22.2 Å². The zero-order valence-electron chi connectivity index (χ0n) is 23.8. The zero-order chi connectivity index (χ0) is 34.2. The molecular weight excluding hydrogens is 766 g/mol. The van der Waals surface area contributed by atoms with Gasteiger partial charge in [0.15, 0.2) is 15.6 Å². The van der Waals surface area contributed by atoms with Gasteiger partial charge in [0.25, 0.3) is 0 Å².